The van der Waals surface area contributed by atoms with Crippen molar-refractivity contribution in [3.8, 4) is 0 Å². The molecule has 132 valence electrons. The van der Waals surface area contributed by atoms with E-state index in [0.29, 0.717) is 13.0 Å². The Balaban J connectivity index is 2.11. The van der Waals surface area contributed by atoms with Crippen LogP contribution in [0.3, 0.4) is 0 Å². The van der Waals surface area contributed by atoms with Gasteiger partial charge in [-0.3, -0.25) is 4.79 Å². The average Bonchev–Trinajstić information content (AvgIpc) is 2.52. The van der Waals surface area contributed by atoms with Gasteiger partial charge >= 0.3 is 12.0 Å². The number of rotatable bonds is 9. The Hall–Kier alpha value is -1.83. The SMILES string of the molecule is COCC(NC(=O)CCCNC(=O)NC1CCCCC1)C(=O)O. The first kappa shape index (κ1) is 19.2. The van der Waals surface area contributed by atoms with E-state index in [9.17, 15) is 14.4 Å². The number of amides is 3. The maximum atomic E-state index is 11.7. The Kier molecular flexibility index (Phi) is 9.04. The van der Waals surface area contributed by atoms with Crippen molar-refractivity contribution in [1.82, 2.24) is 16.0 Å². The van der Waals surface area contributed by atoms with E-state index >= 15 is 0 Å². The molecule has 8 heteroatoms. The highest BCUT2D eigenvalue weighted by Crippen LogP contribution is 2.17. The van der Waals surface area contributed by atoms with E-state index in [1.165, 1.54) is 13.5 Å². The van der Waals surface area contributed by atoms with Crippen LogP contribution >= 0.6 is 0 Å². The number of nitrogens with one attached hydrogen (secondary N) is 3. The van der Waals surface area contributed by atoms with Crippen LogP contribution in [0.5, 0.6) is 0 Å². The van der Waals surface area contributed by atoms with Gasteiger partial charge in [0.25, 0.3) is 0 Å². The highest BCUT2D eigenvalue weighted by molar-refractivity contribution is 5.83. The molecule has 1 fully saturated rings. The largest absolute Gasteiger partial charge is 0.480 e. The predicted molar refractivity (Wildman–Crippen MR) is 84.1 cm³/mol. The monoisotopic (exact) mass is 329 g/mol. The molecule has 0 radical (unpaired) electrons. The summed E-state index contributed by atoms with van der Waals surface area (Å²) in [5.41, 5.74) is 0. The molecular weight excluding hydrogens is 302 g/mol. The fourth-order valence-electron chi connectivity index (χ4n) is 2.54. The zero-order valence-electron chi connectivity index (χ0n) is 13.6. The van der Waals surface area contributed by atoms with Crippen LogP contribution < -0.4 is 16.0 Å². The summed E-state index contributed by atoms with van der Waals surface area (Å²) in [6.45, 7) is 0.289. The Morgan fingerprint density at radius 3 is 2.52 bits per heavy atom. The molecule has 1 unspecified atom stereocenters. The second-order valence-electron chi connectivity index (χ2n) is 5.75. The van der Waals surface area contributed by atoms with Crippen LogP contribution in [0, 0.1) is 0 Å². The molecule has 0 saturated heterocycles. The standard InChI is InChI=1S/C15H27N3O5/c1-23-10-12(14(20)21)18-13(19)8-5-9-16-15(22)17-11-6-3-2-4-7-11/h11-12H,2-10H2,1H3,(H,18,19)(H,20,21)(H2,16,17,22). The first-order valence-corrected chi connectivity index (χ1v) is 8.08. The molecule has 0 bridgehead atoms. The topological polar surface area (TPSA) is 117 Å². The number of urea groups is 1. The molecule has 1 aliphatic carbocycles. The van der Waals surface area contributed by atoms with Gasteiger partial charge in [0.15, 0.2) is 6.04 Å². The number of hydrogen-bond acceptors (Lipinski definition) is 4. The van der Waals surface area contributed by atoms with Crippen molar-refractivity contribution in [1.29, 1.82) is 0 Å². The van der Waals surface area contributed by atoms with Gasteiger partial charge in [-0.1, -0.05) is 19.3 Å². The number of hydrogen-bond donors (Lipinski definition) is 4. The second-order valence-corrected chi connectivity index (χ2v) is 5.75. The smallest absolute Gasteiger partial charge is 0.328 e. The van der Waals surface area contributed by atoms with E-state index in [2.05, 4.69) is 16.0 Å². The van der Waals surface area contributed by atoms with Crippen LogP contribution in [0.2, 0.25) is 0 Å². The van der Waals surface area contributed by atoms with Crippen molar-refractivity contribution >= 4 is 17.9 Å². The van der Waals surface area contributed by atoms with Gasteiger partial charge in [0.1, 0.15) is 0 Å². The van der Waals surface area contributed by atoms with E-state index in [1.54, 1.807) is 0 Å². The third-order valence-corrected chi connectivity index (χ3v) is 3.77. The maximum Gasteiger partial charge on any atom is 0.328 e. The van der Waals surface area contributed by atoms with E-state index in [1.807, 2.05) is 0 Å². The van der Waals surface area contributed by atoms with Crippen LogP contribution in [0.1, 0.15) is 44.9 Å². The third kappa shape index (κ3) is 8.39. The highest BCUT2D eigenvalue weighted by atomic mass is 16.5. The van der Waals surface area contributed by atoms with Crippen molar-refractivity contribution in [3.05, 3.63) is 0 Å². The van der Waals surface area contributed by atoms with Crippen molar-refractivity contribution in [3.63, 3.8) is 0 Å². The van der Waals surface area contributed by atoms with Gasteiger partial charge in [0.05, 0.1) is 6.61 Å². The molecule has 0 spiro atoms. The van der Waals surface area contributed by atoms with Gasteiger partial charge in [0.2, 0.25) is 5.91 Å². The minimum atomic E-state index is -1.13. The quantitative estimate of drug-likeness (QED) is 0.463. The molecule has 1 saturated carbocycles. The summed E-state index contributed by atoms with van der Waals surface area (Å²) in [5.74, 6) is -1.51. The van der Waals surface area contributed by atoms with Crippen molar-refractivity contribution in [2.75, 3.05) is 20.3 Å². The number of carboxylic acid groups (broad SMARTS) is 1. The molecule has 23 heavy (non-hydrogen) atoms. The zero-order chi connectivity index (χ0) is 17.1. The van der Waals surface area contributed by atoms with Gasteiger partial charge in [-0.25, -0.2) is 9.59 Å². The minimum Gasteiger partial charge on any atom is -0.480 e. The lowest BCUT2D eigenvalue weighted by Crippen LogP contribution is -2.44. The van der Waals surface area contributed by atoms with Gasteiger partial charge in [0, 0.05) is 26.1 Å². The Labute approximate surface area is 136 Å². The molecule has 1 atom stereocenters. The summed E-state index contributed by atoms with van der Waals surface area (Å²) in [6.07, 6.45) is 6.17. The normalized spacial score (nSPS) is 16.4. The number of ether oxygens (including phenoxy) is 1. The average molecular weight is 329 g/mol. The Morgan fingerprint density at radius 2 is 1.91 bits per heavy atom. The summed E-state index contributed by atoms with van der Waals surface area (Å²) in [6, 6.07) is -1.01. The van der Waals surface area contributed by atoms with Crippen LogP contribution in [0.4, 0.5) is 4.79 Å². The zero-order valence-corrected chi connectivity index (χ0v) is 13.6. The molecule has 1 rings (SSSR count). The number of methoxy groups -OCH3 is 1. The first-order valence-electron chi connectivity index (χ1n) is 8.08. The van der Waals surface area contributed by atoms with Gasteiger partial charge in [-0.05, 0) is 19.3 Å². The fourth-order valence-corrected chi connectivity index (χ4v) is 2.54. The molecule has 8 nitrogen and oxygen atoms in total. The second kappa shape index (κ2) is 10.8. The molecule has 4 N–H and O–H groups in total. The number of carbonyl (C=O) groups is 3. The molecule has 0 aromatic carbocycles. The van der Waals surface area contributed by atoms with Crippen molar-refractivity contribution < 1.29 is 24.2 Å². The van der Waals surface area contributed by atoms with Gasteiger partial charge in [-0.15, -0.1) is 0 Å². The van der Waals surface area contributed by atoms with E-state index < -0.39 is 12.0 Å². The lowest BCUT2D eigenvalue weighted by atomic mass is 9.96. The fraction of sp³-hybridized carbons (Fsp3) is 0.800. The lowest BCUT2D eigenvalue weighted by Gasteiger charge is -2.22. The Bertz CT molecular complexity index is 397. The summed E-state index contributed by atoms with van der Waals surface area (Å²) in [5, 5.41) is 16.9. The van der Waals surface area contributed by atoms with E-state index in [4.69, 9.17) is 9.84 Å². The highest BCUT2D eigenvalue weighted by Gasteiger charge is 2.19. The van der Waals surface area contributed by atoms with E-state index in [0.717, 1.165) is 25.7 Å². The summed E-state index contributed by atoms with van der Waals surface area (Å²) >= 11 is 0. The predicted octanol–water partition coefficient (Wildman–Crippen LogP) is 0.614. The number of carbonyl (C=O) groups excluding carboxylic acids is 2. The first-order chi connectivity index (χ1) is 11.0. The summed E-state index contributed by atoms with van der Waals surface area (Å²) in [7, 11) is 1.37. The van der Waals surface area contributed by atoms with Crippen molar-refractivity contribution in [2.45, 2.75) is 57.0 Å². The molecule has 0 aromatic heterocycles. The molecule has 1 aliphatic rings. The van der Waals surface area contributed by atoms with Gasteiger partial charge < -0.3 is 25.8 Å². The van der Waals surface area contributed by atoms with Crippen LogP contribution in [-0.4, -0.2) is 55.4 Å². The van der Waals surface area contributed by atoms with Crippen LogP contribution in [-0.2, 0) is 14.3 Å². The van der Waals surface area contributed by atoms with E-state index in [-0.39, 0.29) is 31.0 Å². The lowest BCUT2D eigenvalue weighted by molar-refractivity contribution is -0.143. The van der Waals surface area contributed by atoms with Crippen LogP contribution in [0.15, 0.2) is 0 Å². The molecule has 3 amide bonds. The van der Waals surface area contributed by atoms with Crippen LogP contribution in [0.25, 0.3) is 0 Å². The Morgan fingerprint density at radius 1 is 1.22 bits per heavy atom. The van der Waals surface area contributed by atoms with Crippen molar-refractivity contribution in [2.24, 2.45) is 0 Å². The maximum absolute atomic E-state index is 11.7. The van der Waals surface area contributed by atoms with Gasteiger partial charge in [-0.2, -0.15) is 0 Å². The molecule has 0 heterocycles. The summed E-state index contributed by atoms with van der Waals surface area (Å²) < 4.78 is 4.73. The number of aliphatic carboxylic acids is 1. The summed E-state index contributed by atoms with van der Waals surface area (Å²) in [4.78, 5) is 34.2. The molecule has 0 aromatic rings. The molecular formula is C15H27N3O5. The minimum absolute atomic E-state index is 0.0802. The third-order valence-electron chi connectivity index (χ3n) is 3.77. The molecule has 0 aliphatic heterocycles. The number of carboxylic acids is 1.